The van der Waals surface area contributed by atoms with Crippen molar-refractivity contribution < 1.29 is 4.74 Å². The number of nitrogens with zero attached hydrogens (tertiary/aromatic N) is 1. The first-order valence-electron chi connectivity index (χ1n) is 6.93. The molecule has 2 rings (SSSR count). The number of hydrogen-bond acceptors (Lipinski definition) is 3. The summed E-state index contributed by atoms with van der Waals surface area (Å²) in [6.07, 6.45) is 0. The van der Waals surface area contributed by atoms with Crippen LogP contribution in [0.2, 0.25) is 5.15 Å². The second-order valence-corrected chi connectivity index (χ2v) is 6.40. The van der Waals surface area contributed by atoms with Crippen molar-refractivity contribution in [2.45, 2.75) is 32.7 Å². The monoisotopic (exact) mass is 304 g/mol. The first-order valence-corrected chi connectivity index (χ1v) is 7.31. The molecule has 0 spiro atoms. The number of hydrogen-bond donors (Lipinski definition) is 1. The molecule has 0 fully saturated rings. The van der Waals surface area contributed by atoms with E-state index in [2.05, 4.69) is 37.1 Å². The minimum Gasteiger partial charge on any atom is -0.497 e. The highest BCUT2D eigenvalue weighted by Gasteiger charge is 2.15. The number of halogens is 1. The summed E-state index contributed by atoms with van der Waals surface area (Å²) in [5, 5.41) is 3.83. The van der Waals surface area contributed by atoms with Crippen molar-refractivity contribution >= 4 is 17.4 Å². The quantitative estimate of drug-likeness (QED) is 0.835. The molecule has 0 atom stereocenters. The maximum Gasteiger partial charge on any atom is 0.131 e. The second-order valence-electron chi connectivity index (χ2n) is 6.02. The summed E-state index contributed by atoms with van der Waals surface area (Å²) in [4.78, 5) is 4.33. The van der Waals surface area contributed by atoms with Gasteiger partial charge in [0.05, 0.1) is 7.11 Å². The van der Waals surface area contributed by atoms with Crippen LogP contribution < -0.4 is 10.1 Å². The maximum absolute atomic E-state index is 6.11. The molecule has 0 saturated carbocycles. The van der Waals surface area contributed by atoms with Gasteiger partial charge in [-0.3, -0.25) is 0 Å². The van der Waals surface area contributed by atoms with Gasteiger partial charge in [0.2, 0.25) is 0 Å². The average molecular weight is 305 g/mol. The fraction of sp³-hybridized carbons (Fsp3) is 0.353. The number of pyridine rings is 1. The van der Waals surface area contributed by atoms with Gasteiger partial charge in [-0.25, -0.2) is 4.98 Å². The molecule has 0 aliphatic carbocycles. The summed E-state index contributed by atoms with van der Waals surface area (Å²) < 4.78 is 5.15. The molecule has 112 valence electrons. The number of benzene rings is 1. The van der Waals surface area contributed by atoms with E-state index in [9.17, 15) is 0 Å². The lowest BCUT2D eigenvalue weighted by Crippen LogP contribution is -2.12. The van der Waals surface area contributed by atoms with Gasteiger partial charge in [-0.15, -0.1) is 0 Å². The van der Waals surface area contributed by atoms with Gasteiger partial charge < -0.3 is 10.1 Å². The molecule has 1 heterocycles. The molecule has 21 heavy (non-hydrogen) atoms. The van der Waals surface area contributed by atoms with Gasteiger partial charge in [0.1, 0.15) is 16.7 Å². The molecule has 1 N–H and O–H groups in total. The van der Waals surface area contributed by atoms with Crippen molar-refractivity contribution in [3.8, 4) is 5.75 Å². The highest BCUT2D eigenvalue weighted by atomic mass is 35.5. The van der Waals surface area contributed by atoms with Crippen molar-refractivity contribution in [1.29, 1.82) is 0 Å². The van der Waals surface area contributed by atoms with Crippen LogP contribution in [0.25, 0.3) is 0 Å². The fourth-order valence-electron chi connectivity index (χ4n) is 1.96. The van der Waals surface area contributed by atoms with Crippen LogP contribution in [-0.2, 0) is 12.0 Å². The Labute approximate surface area is 131 Å². The molecule has 0 radical (unpaired) electrons. The topological polar surface area (TPSA) is 34.1 Å². The van der Waals surface area contributed by atoms with Crippen LogP contribution >= 0.6 is 11.6 Å². The molecule has 2 aromatic rings. The Balaban J connectivity index is 2.10. The minimum atomic E-state index is 0.0448. The molecule has 0 aliphatic heterocycles. The van der Waals surface area contributed by atoms with Gasteiger partial charge in [0.15, 0.2) is 0 Å². The number of rotatable bonds is 4. The summed E-state index contributed by atoms with van der Waals surface area (Å²) in [6.45, 7) is 7.17. The molecule has 1 aromatic carbocycles. The van der Waals surface area contributed by atoms with Gasteiger partial charge in [-0.1, -0.05) is 44.5 Å². The number of aromatic nitrogens is 1. The van der Waals surface area contributed by atoms with Crippen LogP contribution in [0.15, 0.2) is 36.4 Å². The smallest absolute Gasteiger partial charge is 0.131 e. The molecular weight excluding hydrogens is 284 g/mol. The van der Waals surface area contributed by atoms with Gasteiger partial charge in [0, 0.05) is 6.54 Å². The molecule has 0 aliphatic rings. The normalized spacial score (nSPS) is 11.3. The average Bonchev–Trinajstić information content (AvgIpc) is 2.44. The lowest BCUT2D eigenvalue weighted by molar-refractivity contribution is 0.414. The van der Waals surface area contributed by atoms with Crippen LogP contribution in [0.4, 0.5) is 5.82 Å². The molecule has 4 heteroatoms. The third-order valence-corrected chi connectivity index (χ3v) is 3.49. The van der Waals surface area contributed by atoms with Gasteiger partial charge >= 0.3 is 0 Å². The summed E-state index contributed by atoms with van der Waals surface area (Å²) in [5.41, 5.74) is 2.37. The Morgan fingerprint density at radius 1 is 1.14 bits per heavy atom. The van der Waals surface area contributed by atoms with E-state index in [1.54, 1.807) is 7.11 Å². The van der Waals surface area contributed by atoms with E-state index in [0.717, 1.165) is 17.1 Å². The van der Waals surface area contributed by atoms with Crippen LogP contribution in [0.3, 0.4) is 0 Å². The predicted octanol–water partition coefficient (Wildman–Crippen LogP) is 4.65. The van der Waals surface area contributed by atoms with Gasteiger partial charge in [-0.2, -0.15) is 0 Å². The zero-order valence-corrected chi connectivity index (χ0v) is 13.7. The number of methoxy groups -OCH3 is 1. The summed E-state index contributed by atoms with van der Waals surface area (Å²) in [6, 6.07) is 11.9. The first-order chi connectivity index (χ1) is 9.88. The summed E-state index contributed by atoms with van der Waals surface area (Å²) in [5.74, 6) is 1.65. The highest BCUT2D eigenvalue weighted by molar-refractivity contribution is 6.29. The van der Waals surface area contributed by atoms with Crippen molar-refractivity contribution in [2.75, 3.05) is 12.4 Å². The van der Waals surface area contributed by atoms with Crippen LogP contribution in [0.1, 0.15) is 31.9 Å². The van der Waals surface area contributed by atoms with E-state index >= 15 is 0 Å². The summed E-state index contributed by atoms with van der Waals surface area (Å²) >= 11 is 6.11. The Morgan fingerprint density at radius 3 is 2.38 bits per heavy atom. The van der Waals surface area contributed by atoms with Crippen LogP contribution in [0, 0.1) is 0 Å². The minimum absolute atomic E-state index is 0.0448. The fourth-order valence-corrected chi connectivity index (χ4v) is 2.17. The standard InChI is InChI=1S/C17H21ClN2O/c1-17(2,3)13-9-15(18)20-16(10-13)19-11-12-5-7-14(21-4)8-6-12/h5-10H,11H2,1-4H3,(H,19,20). The molecule has 3 nitrogen and oxygen atoms in total. The second kappa shape index (κ2) is 6.35. The number of ether oxygens (including phenoxy) is 1. The maximum atomic E-state index is 6.11. The zero-order chi connectivity index (χ0) is 15.5. The van der Waals surface area contributed by atoms with Crippen LogP contribution in [0.5, 0.6) is 5.75 Å². The predicted molar refractivity (Wildman–Crippen MR) is 88.3 cm³/mol. The highest BCUT2D eigenvalue weighted by Crippen LogP contribution is 2.26. The first kappa shape index (κ1) is 15.6. The van der Waals surface area contributed by atoms with Crippen molar-refractivity contribution in [1.82, 2.24) is 4.98 Å². The number of anilines is 1. The third kappa shape index (κ3) is 4.36. The van der Waals surface area contributed by atoms with E-state index in [-0.39, 0.29) is 5.41 Å². The lowest BCUT2D eigenvalue weighted by atomic mass is 9.88. The van der Waals surface area contributed by atoms with E-state index in [4.69, 9.17) is 16.3 Å². The molecule has 0 unspecified atom stereocenters. The Bertz CT molecular complexity index is 603. The van der Waals surface area contributed by atoms with Crippen molar-refractivity contribution in [3.05, 3.63) is 52.7 Å². The van der Waals surface area contributed by atoms with E-state index in [1.807, 2.05) is 30.3 Å². The molecule has 1 aromatic heterocycles. The van der Waals surface area contributed by atoms with E-state index in [1.165, 1.54) is 5.56 Å². The van der Waals surface area contributed by atoms with E-state index < -0.39 is 0 Å². The molecule has 0 bridgehead atoms. The molecule has 0 saturated heterocycles. The Hall–Kier alpha value is -1.74. The molecular formula is C17H21ClN2O. The van der Waals surface area contributed by atoms with Crippen molar-refractivity contribution in [2.24, 2.45) is 0 Å². The van der Waals surface area contributed by atoms with Crippen LogP contribution in [-0.4, -0.2) is 12.1 Å². The lowest BCUT2D eigenvalue weighted by Gasteiger charge is -2.20. The van der Waals surface area contributed by atoms with Crippen molar-refractivity contribution in [3.63, 3.8) is 0 Å². The summed E-state index contributed by atoms with van der Waals surface area (Å²) in [7, 11) is 1.66. The van der Waals surface area contributed by atoms with E-state index in [0.29, 0.717) is 11.7 Å². The van der Waals surface area contributed by atoms with Gasteiger partial charge in [-0.05, 0) is 40.8 Å². The largest absolute Gasteiger partial charge is 0.497 e. The third-order valence-electron chi connectivity index (χ3n) is 3.29. The molecule has 0 amide bonds. The Kier molecular flexibility index (Phi) is 4.73. The van der Waals surface area contributed by atoms with Gasteiger partial charge in [0.25, 0.3) is 0 Å². The number of nitrogens with one attached hydrogen (secondary N) is 1. The zero-order valence-electron chi connectivity index (χ0n) is 12.9. The SMILES string of the molecule is COc1ccc(CNc2cc(C(C)(C)C)cc(Cl)n2)cc1. The Morgan fingerprint density at radius 2 is 1.81 bits per heavy atom.